The maximum absolute atomic E-state index is 11.6. The Bertz CT molecular complexity index is 245. The Morgan fingerprint density at radius 2 is 2.33 bits per heavy atom. The van der Waals surface area contributed by atoms with Gasteiger partial charge in [-0.3, -0.25) is 4.79 Å². The first kappa shape index (κ1) is 10.9. The highest BCUT2D eigenvalue weighted by Crippen LogP contribution is 2.44. The highest BCUT2D eigenvalue weighted by molar-refractivity contribution is 5.82. The number of hydrogen-bond acceptors (Lipinski definition) is 3. The lowest BCUT2D eigenvalue weighted by Gasteiger charge is -2.24. The summed E-state index contributed by atoms with van der Waals surface area (Å²) < 4.78 is 4.87. The van der Waals surface area contributed by atoms with Crippen LogP contribution in [0.5, 0.6) is 0 Å². The van der Waals surface area contributed by atoms with E-state index in [2.05, 4.69) is 5.32 Å². The lowest BCUT2D eigenvalue weighted by Crippen LogP contribution is -2.48. The molecule has 0 aromatic rings. The van der Waals surface area contributed by atoms with Gasteiger partial charge in [0.1, 0.15) is 6.04 Å². The molecule has 4 atom stereocenters. The average molecular weight is 212 g/mol. The minimum Gasteiger partial charge on any atom is -0.383 e. The van der Waals surface area contributed by atoms with Crippen molar-refractivity contribution in [1.29, 1.82) is 0 Å². The molecular weight excluding hydrogens is 192 g/mol. The van der Waals surface area contributed by atoms with Crippen LogP contribution in [0.15, 0.2) is 0 Å². The highest BCUT2D eigenvalue weighted by Gasteiger charge is 2.40. The molecule has 2 aliphatic rings. The van der Waals surface area contributed by atoms with Crippen molar-refractivity contribution in [3.05, 3.63) is 0 Å². The largest absolute Gasteiger partial charge is 0.383 e. The summed E-state index contributed by atoms with van der Waals surface area (Å²) in [5.74, 6) is 1.49. The Labute approximate surface area is 90.5 Å². The third-order valence-electron chi connectivity index (χ3n) is 3.75. The van der Waals surface area contributed by atoms with E-state index in [0.29, 0.717) is 18.6 Å². The van der Waals surface area contributed by atoms with Crippen LogP contribution in [0.2, 0.25) is 0 Å². The summed E-state index contributed by atoms with van der Waals surface area (Å²) in [6.45, 7) is 0.298. The van der Waals surface area contributed by atoms with Gasteiger partial charge in [-0.25, -0.2) is 0 Å². The molecule has 2 rings (SSSR count). The van der Waals surface area contributed by atoms with Crippen LogP contribution >= 0.6 is 0 Å². The summed E-state index contributed by atoms with van der Waals surface area (Å²) in [6, 6.07) is -0.145. The van der Waals surface area contributed by atoms with E-state index in [0.717, 1.165) is 12.3 Å². The normalized spacial score (nSPS) is 35.5. The fraction of sp³-hybridized carbons (Fsp3) is 0.909. The van der Waals surface area contributed by atoms with Gasteiger partial charge >= 0.3 is 0 Å². The zero-order valence-corrected chi connectivity index (χ0v) is 9.24. The molecule has 0 spiro atoms. The number of nitrogens with one attached hydrogen (secondary N) is 1. The molecule has 0 aromatic heterocycles. The van der Waals surface area contributed by atoms with E-state index in [-0.39, 0.29) is 5.91 Å². The summed E-state index contributed by atoms with van der Waals surface area (Å²) in [5, 5.41) is 3.05. The molecule has 0 saturated heterocycles. The third-order valence-corrected chi connectivity index (χ3v) is 3.75. The van der Waals surface area contributed by atoms with Gasteiger partial charge in [-0.05, 0) is 31.1 Å². The molecular formula is C11H20N2O2. The predicted octanol–water partition coefficient (Wildman–Crippen LogP) is 0.265. The maximum atomic E-state index is 11.6. The minimum atomic E-state index is -0.519. The van der Waals surface area contributed by atoms with Gasteiger partial charge in [0.2, 0.25) is 5.91 Å². The number of hydrogen-bond donors (Lipinski definition) is 2. The van der Waals surface area contributed by atoms with Crippen molar-refractivity contribution in [3.8, 4) is 0 Å². The van der Waals surface area contributed by atoms with Crippen molar-refractivity contribution in [2.75, 3.05) is 13.7 Å². The molecule has 4 unspecified atom stereocenters. The lowest BCUT2D eigenvalue weighted by molar-refractivity contribution is -0.124. The molecule has 4 nitrogen and oxygen atoms in total. The SMILES string of the molecule is COCC(N)C(=O)NC1CC2CCC1C2. The molecule has 2 aliphatic carbocycles. The molecule has 4 heteroatoms. The van der Waals surface area contributed by atoms with E-state index < -0.39 is 6.04 Å². The van der Waals surface area contributed by atoms with Crippen molar-refractivity contribution >= 4 is 5.91 Å². The van der Waals surface area contributed by atoms with Crippen LogP contribution in [-0.4, -0.2) is 31.7 Å². The standard InChI is InChI=1S/C11H20N2O2/c1-15-6-9(12)11(14)13-10-5-7-2-3-8(10)4-7/h7-10H,2-6,12H2,1H3,(H,13,14). The van der Waals surface area contributed by atoms with Crippen molar-refractivity contribution in [3.63, 3.8) is 0 Å². The summed E-state index contributed by atoms with van der Waals surface area (Å²) in [6.07, 6.45) is 5.07. The maximum Gasteiger partial charge on any atom is 0.239 e. The predicted molar refractivity (Wildman–Crippen MR) is 57.2 cm³/mol. The third kappa shape index (κ3) is 2.32. The van der Waals surface area contributed by atoms with Gasteiger partial charge in [0.05, 0.1) is 6.61 Å². The van der Waals surface area contributed by atoms with Gasteiger partial charge < -0.3 is 15.8 Å². The number of rotatable bonds is 4. The number of methoxy groups -OCH3 is 1. The Kier molecular flexibility index (Phi) is 3.26. The summed E-state index contributed by atoms with van der Waals surface area (Å²) in [5.41, 5.74) is 5.67. The summed E-state index contributed by atoms with van der Waals surface area (Å²) in [7, 11) is 1.56. The zero-order valence-electron chi connectivity index (χ0n) is 9.24. The highest BCUT2D eigenvalue weighted by atomic mass is 16.5. The average Bonchev–Trinajstić information content (AvgIpc) is 2.79. The first-order valence-corrected chi connectivity index (χ1v) is 5.75. The number of ether oxygens (including phenoxy) is 1. The van der Waals surface area contributed by atoms with Gasteiger partial charge in [0.25, 0.3) is 0 Å². The van der Waals surface area contributed by atoms with Gasteiger partial charge in [-0.15, -0.1) is 0 Å². The topological polar surface area (TPSA) is 64.3 Å². The molecule has 3 N–H and O–H groups in total. The fourth-order valence-corrected chi connectivity index (χ4v) is 2.97. The molecule has 0 radical (unpaired) electrons. The number of amides is 1. The second-order valence-electron chi connectivity index (χ2n) is 4.85. The van der Waals surface area contributed by atoms with Gasteiger partial charge in [0.15, 0.2) is 0 Å². The van der Waals surface area contributed by atoms with Crippen LogP contribution in [0.3, 0.4) is 0 Å². The smallest absolute Gasteiger partial charge is 0.239 e. The van der Waals surface area contributed by atoms with Gasteiger partial charge in [0, 0.05) is 13.2 Å². The molecule has 86 valence electrons. The van der Waals surface area contributed by atoms with Crippen LogP contribution in [0, 0.1) is 11.8 Å². The molecule has 0 aliphatic heterocycles. The first-order chi connectivity index (χ1) is 7.20. The van der Waals surface area contributed by atoms with Crippen molar-refractivity contribution in [1.82, 2.24) is 5.32 Å². The quantitative estimate of drug-likeness (QED) is 0.703. The second-order valence-corrected chi connectivity index (χ2v) is 4.85. The van der Waals surface area contributed by atoms with Crippen molar-refractivity contribution in [2.45, 2.75) is 37.8 Å². The monoisotopic (exact) mass is 212 g/mol. The van der Waals surface area contributed by atoms with Crippen LogP contribution in [0.1, 0.15) is 25.7 Å². The number of fused-ring (bicyclic) bond motifs is 2. The fourth-order valence-electron chi connectivity index (χ4n) is 2.97. The number of carbonyl (C=O) groups excluding carboxylic acids is 1. The minimum absolute atomic E-state index is 0.0607. The Hall–Kier alpha value is -0.610. The van der Waals surface area contributed by atoms with Crippen LogP contribution in [0.4, 0.5) is 0 Å². The van der Waals surface area contributed by atoms with Crippen molar-refractivity contribution in [2.24, 2.45) is 17.6 Å². The molecule has 15 heavy (non-hydrogen) atoms. The molecule has 1 amide bonds. The van der Waals surface area contributed by atoms with E-state index in [4.69, 9.17) is 10.5 Å². The molecule has 2 bridgehead atoms. The molecule has 0 heterocycles. The zero-order chi connectivity index (χ0) is 10.8. The Balaban J connectivity index is 1.79. The van der Waals surface area contributed by atoms with Crippen LogP contribution < -0.4 is 11.1 Å². The molecule has 2 saturated carbocycles. The summed E-state index contributed by atoms with van der Waals surface area (Å²) >= 11 is 0. The van der Waals surface area contributed by atoms with E-state index >= 15 is 0 Å². The molecule has 0 aromatic carbocycles. The number of carbonyl (C=O) groups is 1. The second kappa shape index (κ2) is 4.49. The van der Waals surface area contributed by atoms with Crippen LogP contribution in [0.25, 0.3) is 0 Å². The van der Waals surface area contributed by atoms with E-state index in [9.17, 15) is 4.79 Å². The lowest BCUT2D eigenvalue weighted by atomic mass is 9.95. The van der Waals surface area contributed by atoms with Crippen LogP contribution in [-0.2, 0) is 9.53 Å². The van der Waals surface area contributed by atoms with E-state index in [1.165, 1.54) is 19.3 Å². The van der Waals surface area contributed by atoms with Crippen molar-refractivity contribution < 1.29 is 9.53 Å². The van der Waals surface area contributed by atoms with E-state index in [1.54, 1.807) is 7.11 Å². The first-order valence-electron chi connectivity index (χ1n) is 5.75. The number of nitrogens with two attached hydrogens (primary N) is 1. The van der Waals surface area contributed by atoms with Gasteiger partial charge in [-0.1, -0.05) is 6.42 Å². The van der Waals surface area contributed by atoms with Gasteiger partial charge in [-0.2, -0.15) is 0 Å². The van der Waals surface area contributed by atoms with E-state index in [1.807, 2.05) is 0 Å². The Morgan fingerprint density at radius 1 is 1.53 bits per heavy atom. The Morgan fingerprint density at radius 3 is 2.87 bits per heavy atom. The summed E-state index contributed by atoms with van der Waals surface area (Å²) in [4.78, 5) is 11.6. The molecule has 2 fully saturated rings.